The summed E-state index contributed by atoms with van der Waals surface area (Å²) in [5.74, 6) is 1.75. The van der Waals surface area contributed by atoms with Crippen LogP contribution in [0, 0.1) is 17.3 Å². The molecule has 2 nitrogen and oxygen atoms in total. The zero-order valence-electron chi connectivity index (χ0n) is 14.5. The summed E-state index contributed by atoms with van der Waals surface area (Å²) in [7, 11) is 0. The highest BCUT2D eigenvalue weighted by Gasteiger charge is 2.42. The summed E-state index contributed by atoms with van der Waals surface area (Å²) in [5, 5.41) is 3.81. The molecule has 2 aliphatic carbocycles. The molecule has 1 saturated heterocycles. The van der Waals surface area contributed by atoms with Crippen LogP contribution in [0.15, 0.2) is 0 Å². The van der Waals surface area contributed by atoms with E-state index in [0.29, 0.717) is 0 Å². The lowest BCUT2D eigenvalue weighted by molar-refractivity contribution is 0.0132. The molecule has 1 spiro atoms. The molecule has 2 saturated carbocycles. The number of rotatable bonds is 3. The van der Waals surface area contributed by atoms with Gasteiger partial charge >= 0.3 is 0 Å². The molecule has 1 N–H and O–H groups in total. The van der Waals surface area contributed by atoms with E-state index in [-0.39, 0.29) is 0 Å². The number of hydrogen-bond acceptors (Lipinski definition) is 2. The van der Waals surface area contributed by atoms with Gasteiger partial charge in [0.05, 0.1) is 0 Å². The average molecular weight is 293 g/mol. The van der Waals surface area contributed by atoms with Crippen molar-refractivity contribution in [2.24, 2.45) is 17.3 Å². The lowest BCUT2D eigenvalue weighted by Gasteiger charge is -2.50. The number of hydrogen-bond donors (Lipinski definition) is 1. The van der Waals surface area contributed by atoms with Crippen LogP contribution >= 0.6 is 0 Å². The smallest absolute Gasteiger partial charge is 0.0275 e. The molecule has 0 aromatic carbocycles. The largest absolute Gasteiger partial charge is 0.313 e. The lowest BCUT2D eigenvalue weighted by Crippen LogP contribution is -2.58. The molecule has 3 aliphatic rings. The van der Waals surface area contributed by atoms with Crippen molar-refractivity contribution >= 4 is 0 Å². The van der Waals surface area contributed by atoms with E-state index in [2.05, 4.69) is 31.0 Å². The van der Waals surface area contributed by atoms with Gasteiger partial charge < -0.3 is 5.32 Å². The molecule has 0 radical (unpaired) electrons. The van der Waals surface area contributed by atoms with E-state index in [1.807, 2.05) is 0 Å². The van der Waals surface area contributed by atoms with Crippen LogP contribution in [0.2, 0.25) is 0 Å². The fourth-order valence-corrected chi connectivity index (χ4v) is 5.84. The van der Waals surface area contributed by atoms with Gasteiger partial charge in [0.15, 0.2) is 0 Å². The summed E-state index contributed by atoms with van der Waals surface area (Å²) >= 11 is 0. The first-order valence-corrected chi connectivity index (χ1v) is 9.61. The van der Waals surface area contributed by atoms with E-state index in [4.69, 9.17) is 0 Å². The van der Waals surface area contributed by atoms with Crippen molar-refractivity contribution in [3.8, 4) is 0 Å². The van der Waals surface area contributed by atoms with E-state index in [1.54, 1.807) is 0 Å². The predicted molar refractivity (Wildman–Crippen MR) is 90.5 cm³/mol. The minimum Gasteiger partial charge on any atom is -0.313 e. The molecule has 21 heavy (non-hydrogen) atoms. The van der Waals surface area contributed by atoms with Gasteiger partial charge in [0.2, 0.25) is 0 Å². The van der Waals surface area contributed by atoms with Crippen LogP contribution in [0.3, 0.4) is 0 Å². The second kappa shape index (κ2) is 6.58. The van der Waals surface area contributed by atoms with E-state index in [0.717, 1.165) is 35.9 Å². The van der Waals surface area contributed by atoms with E-state index < -0.39 is 0 Å². The molecule has 1 heterocycles. The molecule has 122 valence electrons. The monoisotopic (exact) mass is 292 g/mol. The van der Waals surface area contributed by atoms with Crippen LogP contribution in [-0.4, -0.2) is 36.6 Å². The van der Waals surface area contributed by atoms with Crippen molar-refractivity contribution in [2.45, 2.75) is 84.2 Å². The van der Waals surface area contributed by atoms with Gasteiger partial charge in [-0.1, -0.05) is 33.6 Å². The first-order valence-electron chi connectivity index (χ1n) is 9.61. The Balaban J connectivity index is 1.64. The molecule has 2 heteroatoms. The molecule has 0 bridgehead atoms. The van der Waals surface area contributed by atoms with Gasteiger partial charge in [-0.25, -0.2) is 0 Å². The van der Waals surface area contributed by atoms with Gasteiger partial charge in [0.25, 0.3) is 0 Å². The van der Waals surface area contributed by atoms with Crippen LogP contribution in [0.4, 0.5) is 0 Å². The Kier molecular flexibility index (Phi) is 4.95. The van der Waals surface area contributed by atoms with Gasteiger partial charge in [-0.3, -0.25) is 4.90 Å². The Bertz CT molecular complexity index is 324. The van der Waals surface area contributed by atoms with Gasteiger partial charge in [-0.2, -0.15) is 0 Å². The number of nitrogens with one attached hydrogen (secondary N) is 1. The Morgan fingerprint density at radius 1 is 1.00 bits per heavy atom. The molecule has 1 aliphatic heterocycles. The van der Waals surface area contributed by atoms with Crippen molar-refractivity contribution < 1.29 is 0 Å². The summed E-state index contributed by atoms with van der Waals surface area (Å²) in [4.78, 5) is 2.87. The normalized spacial score (nSPS) is 40.7. The topological polar surface area (TPSA) is 15.3 Å². The standard InChI is InChI=1S/C19H36N2/c1-4-20-17-14-15(2)13-16(3)18(17)21-11-9-19(10-12-21)7-5-6-8-19/h15-18,20H,4-14H2,1-3H3. The minimum absolute atomic E-state index is 0.728. The van der Waals surface area contributed by atoms with Gasteiger partial charge in [-0.05, 0) is 75.4 Å². The fourth-order valence-electron chi connectivity index (χ4n) is 5.84. The Labute approximate surface area is 132 Å². The van der Waals surface area contributed by atoms with Crippen LogP contribution in [0.1, 0.15) is 72.1 Å². The molecule has 4 atom stereocenters. The molecular formula is C19H36N2. The predicted octanol–water partition coefficient (Wildman–Crippen LogP) is 4.06. The number of likely N-dealkylation sites (N-methyl/N-ethyl adjacent to an activating group) is 1. The zero-order chi connectivity index (χ0) is 14.9. The third-order valence-electron chi connectivity index (χ3n) is 6.84. The molecule has 4 unspecified atom stereocenters. The van der Waals surface area contributed by atoms with Crippen LogP contribution in [0.25, 0.3) is 0 Å². The average Bonchev–Trinajstić information content (AvgIpc) is 2.89. The maximum absolute atomic E-state index is 3.81. The van der Waals surface area contributed by atoms with Crippen molar-refractivity contribution in [1.82, 2.24) is 10.2 Å². The number of piperidine rings is 1. The number of likely N-dealkylation sites (tertiary alicyclic amines) is 1. The summed E-state index contributed by atoms with van der Waals surface area (Å²) < 4.78 is 0. The van der Waals surface area contributed by atoms with E-state index in [1.165, 1.54) is 64.5 Å². The Morgan fingerprint density at radius 2 is 1.67 bits per heavy atom. The highest BCUT2D eigenvalue weighted by Crippen LogP contribution is 2.47. The highest BCUT2D eigenvalue weighted by molar-refractivity contribution is 4.98. The van der Waals surface area contributed by atoms with Crippen LogP contribution < -0.4 is 5.32 Å². The Hall–Kier alpha value is -0.0800. The summed E-state index contributed by atoms with van der Waals surface area (Å²) in [6.45, 7) is 11.1. The zero-order valence-corrected chi connectivity index (χ0v) is 14.5. The summed E-state index contributed by atoms with van der Waals surface area (Å²) in [6, 6.07) is 1.52. The lowest BCUT2D eigenvalue weighted by atomic mass is 9.72. The molecular weight excluding hydrogens is 256 g/mol. The third kappa shape index (κ3) is 3.32. The van der Waals surface area contributed by atoms with Gasteiger partial charge in [-0.15, -0.1) is 0 Å². The van der Waals surface area contributed by atoms with Crippen LogP contribution in [-0.2, 0) is 0 Å². The van der Waals surface area contributed by atoms with Crippen molar-refractivity contribution in [3.63, 3.8) is 0 Å². The van der Waals surface area contributed by atoms with Gasteiger partial charge in [0, 0.05) is 12.1 Å². The molecule has 0 aromatic rings. The van der Waals surface area contributed by atoms with Gasteiger partial charge in [0.1, 0.15) is 0 Å². The van der Waals surface area contributed by atoms with E-state index in [9.17, 15) is 0 Å². The summed E-state index contributed by atoms with van der Waals surface area (Å²) in [6.07, 6.45) is 11.8. The van der Waals surface area contributed by atoms with Crippen molar-refractivity contribution in [3.05, 3.63) is 0 Å². The molecule has 0 amide bonds. The van der Waals surface area contributed by atoms with E-state index >= 15 is 0 Å². The summed E-state index contributed by atoms with van der Waals surface area (Å²) in [5.41, 5.74) is 0.759. The minimum atomic E-state index is 0.728. The first-order chi connectivity index (χ1) is 10.1. The van der Waals surface area contributed by atoms with Crippen LogP contribution in [0.5, 0.6) is 0 Å². The highest BCUT2D eigenvalue weighted by atomic mass is 15.2. The molecule has 3 rings (SSSR count). The second-order valence-corrected chi connectivity index (χ2v) is 8.45. The maximum atomic E-state index is 3.81. The first kappa shape index (κ1) is 15.8. The van der Waals surface area contributed by atoms with Crippen molar-refractivity contribution in [1.29, 1.82) is 0 Å². The number of nitrogens with zero attached hydrogens (tertiary/aromatic N) is 1. The maximum Gasteiger partial charge on any atom is 0.0275 e. The SMILES string of the molecule is CCNC1CC(C)CC(C)C1N1CCC2(CCCC2)CC1. The second-order valence-electron chi connectivity index (χ2n) is 8.45. The third-order valence-corrected chi connectivity index (χ3v) is 6.84. The fraction of sp³-hybridized carbons (Fsp3) is 1.00. The quantitative estimate of drug-likeness (QED) is 0.844. The Morgan fingerprint density at radius 3 is 2.29 bits per heavy atom. The van der Waals surface area contributed by atoms with Crippen molar-refractivity contribution in [2.75, 3.05) is 19.6 Å². The molecule has 3 fully saturated rings. The molecule has 0 aromatic heterocycles.